The first-order chi connectivity index (χ1) is 23.1. The van der Waals surface area contributed by atoms with Gasteiger partial charge in [0.2, 0.25) is 0 Å². The summed E-state index contributed by atoms with van der Waals surface area (Å²) in [4.78, 5) is 24.9. The smallest absolute Gasteiger partial charge is 0.306 e. The molecule has 0 rings (SSSR count). The van der Waals surface area contributed by atoms with Gasteiger partial charge in [-0.3, -0.25) is 9.36 Å². The van der Waals surface area contributed by atoms with Gasteiger partial charge in [-0.2, -0.15) is 0 Å². The van der Waals surface area contributed by atoms with Crippen molar-refractivity contribution in [1.82, 2.24) is 0 Å². The van der Waals surface area contributed by atoms with E-state index >= 15 is 0 Å². The Morgan fingerprint density at radius 1 is 0.562 bits per heavy atom. The van der Waals surface area contributed by atoms with E-state index in [1.807, 2.05) is 21.1 Å². The van der Waals surface area contributed by atoms with Gasteiger partial charge in [0.15, 0.2) is 0 Å². The standard InChI is InChI=1S/C39H80NO7P/c1-6-8-10-12-14-16-18-19-20-21-22-23-25-27-29-31-34-44-36-38(37-46-48(42,43)45-35-33-40(3,4)5)47-39(41)32-30-28-26-24-17-15-13-11-9-7-2/h38H,6-37H2,1-5H3/t38-/m1/s1. The average molecular weight is 706 g/mol. The summed E-state index contributed by atoms with van der Waals surface area (Å²) in [6, 6.07) is 0. The van der Waals surface area contributed by atoms with Gasteiger partial charge in [-0.15, -0.1) is 0 Å². The third kappa shape index (κ3) is 36.8. The molecule has 1 unspecified atom stereocenters. The van der Waals surface area contributed by atoms with E-state index in [4.69, 9.17) is 18.5 Å². The zero-order valence-corrected chi connectivity index (χ0v) is 33.4. The quantitative estimate of drug-likeness (QED) is 0.0273. The molecule has 0 bridgehead atoms. The topological polar surface area (TPSA) is 94.1 Å². The molecule has 0 aliphatic carbocycles. The molecule has 9 heteroatoms. The van der Waals surface area contributed by atoms with Crippen LogP contribution in [0.5, 0.6) is 0 Å². The number of unbranched alkanes of at least 4 members (excludes halogenated alkanes) is 24. The number of nitrogens with zero attached hydrogens (tertiary/aromatic N) is 1. The number of phosphoric ester groups is 1. The summed E-state index contributed by atoms with van der Waals surface area (Å²) in [7, 11) is 1.37. The van der Waals surface area contributed by atoms with Crippen molar-refractivity contribution in [3.63, 3.8) is 0 Å². The van der Waals surface area contributed by atoms with Gasteiger partial charge >= 0.3 is 5.97 Å². The monoisotopic (exact) mass is 706 g/mol. The van der Waals surface area contributed by atoms with Gasteiger partial charge in [0.25, 0.3) is 7.82 Å². The van der Waals surface area contributed by atoms with Gasteiger partial charge in [-0.25, -0.2) is 0 Å². The van der Waals surface area contributed by atoms with Crippen LogP contribution in [-0.4, -0.2) is 70.7 Å². The van der Waals surface area contributed by atoms with Gasteiger partial charge in [0.05, 0.1) is 34.4 Å². The molecule has 0 saturated heterocycles. The summed E-state index contributed by atoms with van der Waals surface area (Å²) in [6.45, 7) is 5.44. The molecule has 0 amide bonds. The molecule has 0 spiro atoms. The summed E-state index contributed by atoms with van der Waals surface area (Å²) >= 11 is 0. The molecule has 288 valence electrons. The first-order valence-electron chi connectivity index (χ1n) is 20.3. The summed E-state index contributed by atoms with van der Waals surface area (Å²) in [5.74, 6) is -0.333. The number of ether oxygens (including phenoxy) is 2. The second-order valence-corrected chi connectivity index (χ2v) is 16.4. The molecule has 0 saturated carbocycles. The van der Waals surface area contributed by atoms with E-state index in [0.29, 0.717) is 24.1 Å². The fraction of sp³-hybridized carbons (Fsp3) is 0.974. The molecular weight excluding hydrogens is 625 g/mol. The van der Waals surface area contributed by atoms with E-state index in [2.05, 4.69) is 13.8 Å². The van der Waals surface area contributed by atoms with Gasteiger partial charge in [0.1, 0.15) is 19.3 Å². The Bertz CT molecular complexity index is 746. The molecule has 0 fully saturated rings. The van der Waals surface area contributed by atoms with Crippen LogP contribution in [-0.2, 0) is 27.9 Å². The second-order valence-electron chi connectivity index (χ2n) is 15.0. The van der Waals surface area contributed by atoms with Crippen LogP contribution in [0.4, 0.5) is 0 Å². The number of rotatable bonds is 38. The highest BCUT2D eigenvalue weighted by molar-refractivity contribution is 7.45. The fourth-order valence-electron chi connectivity index (χ4n) is 5.72. The number of phosphoric acid groups is 1. The van der Waals surface area contributed by atoms with Gasteiger partial charge < -0.3 is 27.9 Å². The van der Waals surface area contributed by atoms with E-state index in [1.165, 1.54) is 135 Å². The summed E-state index contributed by atoms with van der Waals surface area (Å²) in [6.07, 6.45) is 32.5. The summed E-state index contributed by atoms with van der Waals surface area (Å²) in [5.41, 5.74) is 0. The van der Waals surface area contributed by atoms with Gasteiger partial charge in [-0.1, -0.05) is 168 Å². The van der Waals surface area contributed by atoms with E-state index in [0.717, 1.165) is 32.1 Å². The van der Waals surface area contributed by atoms with Crippen molar-refractivity contribution in [2.75, 3.05) is 54.1 Å². The lowest BCUT2D eigenvalue weighted by Gasteiger charge is -2.28. The minimum atomic E-state index is -4.51. The largest absolute Gasteiger partial charge is 0.756 e. The Balaban J connectivity index is 4.19. The molecule has 2 atom stereocenters. The molecule has 0 aliphatic heterocycles. The number of hydrogen-bond donors (Lipinski definition) is 0. The Kier molecular flexibility index (Phi) is 33.3. The maximum atomic E-state index is 12.6. The number of carbonyl (C=O) groups excluding carboxylic acids is 1. The predicted molar refractivity (Wildman–Crippen MR) is 199 cm³/mol. The third-order valence-corrected chi connectivity index (χ3v) is 9.87. The van der Waals surface area contributed by atoms with Crippen LogP contribution in [0.25, 0.3) is 0 Å². The van der Waals surface area contributed by atoms with Crippen LogP contribution >= 0.6 is 7.82 Å². The Morgan fingerprint density at radius 3 is 1.38 bits per heavy atom. The van der Waals surface area contributed by atoms with Crippen LogP contribution in [0, 0.1) is 0 Å². The van der Waals surface area contributed by atoms with Crippen molar-refractivity contribution in [3.05, 3.63) is 0 Å². The van der Waals surface area contributed by atoms with Crippen molar-refractivity contribution < 1.29 is 37.3 Å². The molecule has 0 aromatic rings. The lowest BCUT2D eigenvalue weighted by Crippen LogP contribution is -2.37. The highest BCUT2D eigenvalue weighted by Crippen LogP contribution is 2.38. The Labute approximate surface area is 298 Å². The van der Waals surface area contributed by atoms with Gasteiger partial charge in [0, 0.05) is 13.0 Å². The van der Waals surface area contributed by atoms with E-state index in [-0.39, 0.29) is 25.8 Å². The van der Waals surface area contributed by atoms with Crippen LogP contribution in [0.1, 0.15) is 187 Å². The lowest BCUT2D eigenvalue weighted by molar-refractivity contribution is -0.870. The number of quaternary nitrogens is 1. The van der Waals surface area contributed by atoms with E-state index in [1.54, 1.807) is 0 Å². The minimum Gasteiger partial charge on any atom is -0.756 e. The SMILES string of the molecule is CCCCCCCCCCCCCCCCCCOC[C@H](COP(=O)([O-])OCC[N+](C)(C)C)OC(=O)CCCCCCCCCCCC. The zero-order chi connectivity index (χ0) is 35.6. The van der Waals surface area contributed by atoms with E-state index < -0.39 is 13.9 Å². The maximum absolute atomic E-state index is 12.6. The second kappa shape index (κ2) is 33.6. The number of esters is 1. The molecule has 0 N–H and O–H groups in total. The average Bonchev–Trinajstić information content (AvgIpc) is 3.03. The van der Waals surface area contributed by atoms with Crippen molar-refractivity contribution in [3.8, 4) is 0 Å². The van der Waals surface area contributed by atoms with E-state index in [9.17, 15) is 14.3 Å². The van der Waals surface area contributed by atoms with Crippen LogP contribution in [0.2, 0.25) is 0 Å². The van der Waals surface area contributed by atoms with Crippen molar-refractivity contribution in [1.29, 1.82) is 0 Å². The normalized spacial score (nSPS) is 13.9. The molecule has 0 aromatic heterocycles. The Hall–Kier alpha value is -0.500. The first kappa shape index (κ1) is 47.5. The minimum absolute atomic E-state index is 0.0310. The van der Waals surface area contributed by atoms with Crippen LogP contribution in [0.3, 0.4) is 0 Å². The summed E-state index contributed by atoms with van der Waals surface area (Å²) in [5, 5.41) is 0. The van der Waals surface area contributed by atoms with Gasteiger partial charge in [-0.05, 0) is 12.8 Å². The maximum Gasteiger partial charge on any atom is 0.306 e. The predicted octanol–water partition coefficient (Wildman–Crippen LogP) is 10.7. The van der Waals surface area contributed by atoms with Crippen LogP contribution in [0.15, 0.2) is 0 Å². The van der Waals surface area contributed by atoms with Crippen LogP contribution < -0.4 is 4.89 Å². The Morgan fingerprint density at radius 2 is 0.958 bits per heavy atom. The highest BCUT2D eigenvalue weighted by atomic mass is 31.2. The molecule has 48 heavy (non-hydrogen) atoms. The van der Waals surface area contributed by atoms with Crippen molar-refractivity contribution in [2.24, 2.45) is 0 Å². The molecule has 8 nitrogen and oxygen atoms in total. The first-order valence-corrected chi connectivity index (χ1v) is 21.7. The number of carbonyl (C=O) groups is 1. The molecule has 0 radical (unpaired) electrons. The number of hydrogen-bond acceptors (Lipinski definition) is 7. The fourth-order valence-corrected chi connectivity index (χ4v) is 6.45. The third-order valence-electron chi connectivity index (χ3n) is 8.91. The highest BCUT2D eigenvalue weighted by Gasteiger charge is 2.20. The molecule has 0 aliphatic rings. The molecular formula is C39H80NO7P. The molecule has 0 aromatic carbocycles. The molecule has 0 heterocycles. The number of likely N-dealkylation sites (N-methyl/N-ethyl adjacent to an activating group) is 1. The zero-order valence-electron chi connectivity index (χ0n) is 32.5. The van der Waals surface area contributed by atoms with Crippen molar-refractivity contribution in [2.45, 2.75) is 193 Å². The lowest BCUT2D eigenvalue weighted by atomic mass is 10.0. The summed E-state index contributed by atoms with van der Waals surface area (Å²) < 4.78 is 34.5. The van der Waals surface area contributed by atoms with Crippen molar-refractivity contribution >= 4 is 13.8 Å².